The van der Waals surface area contributed by atoms with Crippen LogP contribution in [0.2, 0.25) is 0 Å². The maximum absolute atomic E-state index is 12.0. The largest absolute Gasteiger partial charge is 0.378 e. The number of hydrogen-bond donors (Lipinski definition) is 1. The zero-order chi connectivity index (χ0) is 16.2. The second kappa shape index (κ2) is 6.61. The van der Waals surface area contributed by atoms with Crippen molar-refractivity contribution in [1.29, 1.82) is 0 Å². The third-order valence-corrected chi connectivity index (χ3v) is 4.14. The van der Waals surface area contributed by atoms with Crippen molar-refractivity contribution in [2.45, 2.75) is 25.8 Å². The number of benzene rings is 2. The molecule has 3 aromatic rings. The molecule has 0 bridgehead atoms. The molecule has 0 saturated heterocycles. The van der Waals surface area contributed by atoms with Gasteiger partial charge in [0, 0.05) is 6.04 Å². The Morgan fingerprint density at radius 3 is 2.09 bits per heavy atom. The standard InChI is InChI=1S/C20H19NO2/c1-2-16(13-14-9-5-3-6-10-14)21-18-17(19(22)20(18)23)15-11-7-4-8-12-15/h3-12,16,21H,2,13H2,1H3/t16-/m0/s1. The fourth-order valence-corrected chi connectivity index (χ4v) is 2.81. The van der Waals surface area contributed by atoms with Crippen LogP contribution in [0.15, 0.2) is 70.3 Å². The Morgan fingerprint density at radius 1 is 0.870 bits per heavy atom. The molecule has 0 spiro atoms. The van der Waals surface area contributed by atoms with Crippen LogP contribution < -0.4 is 16.2 Å². The highest BCUT2D eigenvalue weighted by Gasteiger charge is 2.23. The molecule has 0 aromatic heterocycles. The van der Waals surface area contributed by atoms with Crippen molar-refractivity contribution in [2.24, 2.45) is 0 Å². The van der Waals surface area contributed by atoms with Crippen molar-refractivity contribution in [3.63, 3.8) is 0 Å². The second-order valence-electron chi connectivity index (χ2n) is 5.71. The van der Waals surface area contributed by atoms with Gasteiger partial charge in [-0.05, 0) is 24.0 Å². The highest BCUT2D eigenvalue weighted by atomic mass is 16.2. The van der Waals surface area contributed by atoms with Gasteiger partial charge in [-0.1, -0.05) is 67.6 Å². The van der Waals surface area contributed by atoms with E-state index in [2.05, 4.69) is 24.4 Å². The van der Waals surface area contributed by atoms with E-state index < -0.39 is 10.9 Å². The van der Waals surface area contributed by atoms with Crippen molar-refractivity contribution in [2.75, 3.05) is 5.32 Å². The maximum Gasteiger partial charge on any atom is 0.250 e. The third kappa shape index (κ3) is 3.09. The van der Waals surface area contributed by atoms with Crippen molar-refractivity contribution in [3.8, 4) is 11.1 Å². The molecule has 0 radical (unpaired) electrons. The molecular weight excluding hydrogens is 286 g/mol. The summed E-state index contributed by atoms with van der Waals surface area (Å²) in [5.74, 6) is 0. The fraction of sp³-hybridized carbons (Fsp3) is 0.200. The van der Waals surface area contributed by atoms with Crippen molar-refractivity contribution in [3.05, 3.63) is 86.7 Å². The summed E-state index contributed by atoms with van der Waals surface area (Å²) >= 11 is 0. The van der Waals surface area contributed by atoms with Crippen LogP contribution in [0.4, 0.5) is 5.69 Å². The van der Waals surface area contributed by atoms with Crippen LogP contribution in [0.5, 0.6) is 0 Å². The summed E-state index contributed by atoms with van der Waals surface area (Å²) in [4.78, 5) is 23.9. The van der Waals surface area contributed by atoms with E-state index in [1.54, 1.807) is 0 Å². The third-order valence-electron chi connectivity index (χ3n) is 4.14. The van der Waals surface area contributed by atoms with Gasteiger partial charge in [0.15, 0.2) is 0 Å². The Labute approximate surface area is 135 Å². The van der Waals surface area contributed by atoms with E-state index in [0.717, 1.165) is 18.4 Å². The molecule has 0 fully saturated rings. The van der Waals surface area contributed by atoms with Crippen LogP contribution in [0.3, 0.4) is 0 Å². The van der Waals surface area contributed by atoms with Gasteiger partial charge in [-0.2, -0.15) is 0 Å². The molecule has 0 heterocycles. The zero-order valence-electron chi connectivity index (χ0n) is 13.1. The van der Waals surface area contributed by atoms with E-state index in [1.807, 2.05) is 48.5 Å². The van der Waals surface area contributed by atoms with Crippen LogP contribution in [-0.2, 0) is 6.42 Å². The lowest BCUT2D eigenvalue weighted by atomic mass is 9.96. The Balaban J connectivity index is 1.84. The molecule has 0 aliphatic carbocycles. The monoisotopic (exact) mass is 305 g/mol. The van der Waals surface area contributed by atoms with Gasteiger partial charge in [-0.15, -0.1) is 0 Å². The normalized spacial score (nSPS) is 12.2. The van der Waals surface area contributed by atoms with Gasteiger partial charge in [0.1, 0.15) is 0 Å². The van der Waals surface area contributed by atoms with E-state index in [1.165, 1.54) is 5.56 Å². The molecule has 0 aliphatic heterocycles. The Bertz CT molecular complexity index is 846. The lowest BCUT2D eigenvalue weighted by Gasteiger charge is -2.21. The first-order valence-electron chi connectivity index (χ1n) is 7.90. The van der Waals surface area contributed by atoms with Crippen molar-refractivity contribution in [1.82, 2.24) is 0 Å². The molecule has 0 unspecified atom stereocenters. The smallest absolute Gasteiger partial charge is 0.250 e. The summed E-state index contributed by atoms with van der Waals surface area (Å²) in [6, 6.07) is 19.6. The number of anilines is 1. The Morgan fingerprint density at radius 2 is 1.48 bits per heavy atom. The predicted molar refractivity (Wildman–Crippen MR) is 94.6 cm³/mol. The molecule has 116 valence electrons. The molecule has 3 nitrogen and oxygen atoms in total. The minimum absolute atomic E-state index is 0.128. The van der Waals surface area contributed by atoms with Crippen LogP contribution in [-0.4, -0.2) is 6.04 Å². The minimum Gasteiger partial charge on any atom is -0.378 e. The first kappa shape index (κ1) is 15.2. The van der Waals surface area contributed by atoms with E-state index in [4.69, 9.17) is 0 Å². The van der Waals surface area contributed by atoms with Crippen LogP contribution in [0.1, 0.15) is 18.9 Å². The van der Waals surface area contributed by atoms with Crippen molar-refractivity contribution >= 4 is 5.69 Å². The van der Waals surface area contributed by atoms with E-state index in [-0.39, 0.29) is 6.04 Å². The van der Waals surface area contributed by atoms with E-state index >= 15 is 0 Å². The lowest BCUT2D eigenvalue weighted by molar-refractivity contribution is 0.689. The molecule has 23 heavy (non-hydrogen) atoms. The predicted octanol–water partition coefficient (Wildman–Crippen LogP) is 3.38. The first-order valence-corrected chi connectivity index (χ1v) is 7.90. The summed E-state index contributed by atoms with van der Waals surface area (Å²) in [6.07, 6.45) is 1.70. The maximum atomic E-state index is 12.0. The minimum atomic E-state index is -0.407. The fourth-order valence-electron chi connectivity index (χ4n) is 2.81. The molecule has 0 saturated carbocycles. The van der Waals surface area contributed by atoms with Gasteiger partial charge in [0.05, 0.1) is 11.3 Å². The topological polar surface area (TPSA) is 46.2 Å². The van der Waals surface area contributed by atoms with Gasteiger partial charge in [-0.25, -0.2) is 0 Å². The van der Waals surface area contributed by atoms with E-state index in [0.29, 0.717) is 11.3 Å². The van der Waals surface area contributed by atoms with Crippen LogP contribution in [0.25, 0.3) is 11.1 Å². The summed E-state index contributed by atoms with van der Waals surface area (Å²) in [6.45, 7) is 2.08. The number of hydrogen-bond acceptors (Lipinski definition) is 3. The highest BCUT2D eigenvalue weighted by Crippen LogP contribution is 2.24. The lowest BCUT2D eigenvalue weighted by Crippen LogP contribution is -2.39. The van der Waals surface area contributed by atoms with Crippen LogP contribution in [0, 0.1) is 0 Å². The van der Waals surface area contributed by atoms with Gasteiger partial charge >= 0.3 is 0 Å². The highest BCUT2D eigenvalue weighted by molar-refractivity contribution is 5.81. The number of rotatable bonds is 6. The van der Waals surface area contributed by atoms with Gasteiger partial charge in [0.25, 0.3) is 0 Å². The van der Waals surface area contributed by atoms with Gasteiger partial charge < -0.3 is 5.32 Å². The van der Waals surface area contributed by atoms with Gasteiger partial charge in [-0.3, -0.25) is 9.59 Å². The SMILES string of the molecule is CC[C@@H](Cc1ccccc1)Nc1c(-c2ccccc2)c(=O)c1=O. The molecule has 3 rings (SSSR count). The Kier molecular flexibility index (Phi) is 4.38. The molecular formula is C20H19NO2. The average Bonchev–Trinajstić information content (AvgIpc) is 2.61. The quantitative estimate of drug-likeness (QED) is 0.710. The molecule has 3 aromatic carbocycles. The molecule has 0 aliphatic rings. The van der Waals surface area contributed by atoms with Crippen LogP contribution >= 0.6 is 0 Å². The molecule has 1 atom stereocenters. The average molecular weight is 305 g/mol. The summed E-state index contributed by atoms with van der Waals surface area (Å²) < 4.78 is 0. The Hall–Kier alpha value is -2.68. The van der Waals surface area contributed by atoms with E-state index in [9.17, 15) is 9.59 Å². The molecule has 3 heteroatoms. The molecule has 0 amide bonds. The first-order chi connectivity index (χ1) is 11.2. The molecule has 1 N–H and O–H groups in total. The number of nitrogens with one attached hydrogen (secondary N) is 1. The summed E-state index contributed by atoms with van der Waals surface area (Å²) in [5, 5.41) is 3.29. The second-order valence-corrected chi connectivity index (χ2v) is 5.71. The van der Waals surface area contributed by atoms with Gasteiger partial charge in [0.2, 0.25) is 10.9 Å². The van der Waals surface area contributed by atoms with Crippen molar-refractivity contribution < 1.29 is 0 Å². The zero-order valence-corrected chi connectivity index (χ0v) is 13.1. The summed E-state index contributed by atoms with van der Waals surface area (Å²) in [7, 11) is 0. The summed E-state index contributed by atoms with van der Waals surface area (Å²) in [5.41, 5.74) is 2.19.